The van der Waals surface area contributed by atoms with Crippen molar-refractivity contribution in [2.75, 3.05) is 26.7 Å². The lowest BCUT2D eigenvalue weighted by Gasteiger charge is -2.29. The first-order valence-corrected chi connectivity index (χ1v) is 10.8. The predicted molar refractivity (Wildman–Crippen MR) is 124 cm³/mol. The standard InChI is InChI=1S/C25H28N4O3/c1-5-23(30)28-10-11-32-19(15-28)14-21-24(27-22-12-16(2)8-9-29(21)22)20-7-6-18(13-17(20)3)25(31)26-4/h6-9,12-14H,5,10-11,15H2,1-4H3,(H,26,31)/b19-14-. The third kappa shape index (κ3) is 4.10. The SMILES string of the molecule is CCC(=O)N1CCO/C(=C\c2c(-c3ccc(C(=O)NC)cc3C)nc3cc(C)ccn23)C1. The first-order chi connectivity index (χ1) is 15.4. The Hall–Kier alpha value is -3.61. The molecule has 3 heterocycles. The van der Waals surface area contributed by atoms with E-state index in [1.807, 2.05) is 72.7 Å². The van der Waals surface area contributed by atoms with Gasteiger partial charge in [-0.15, -0.1) is 0 Å². The van der Waals surface area contributed by atoms with Crippen molar-refractivity contribution >= 4 is 23.5 Å². The van der Waals surface area contributed by atoms with Gasteiger partial charge in [0.15, 0.2) is 0 Å². The molecule has 0 spiro atoms. The molecule has 0 unspecified atom stereocenters. The normalized spacial score (nSPS) is 15.1. The molecule has 1 aromatic carbocycles. The number of nitrogens with zero attached hydrogens (tertiary/aromatic N) is 3. The second-order valence-corrected chi connectivity index (χ2v) is 8.01. The molecule has 3 aromatic rings. The van der Waals surface area contributed by atoms with Gasteiger partial charge < -0.3 is 15.0 Å². The van der Waals surface area contributed by atoms with Crippen LogP contribution in [0.2, 0.25) is 0 Å². The van der Waals surface area contributed by atoms with Gasteiger partial charge in [-0.05, 0) is 49.2 Å². The molecule has 1 fully saturated rings. The summed E-state index contributed by atoms with van der Waals surface area (Å²) in [4.78, 5) is 31.0. The quantitative estimate of drug-likeness (QED) is 0.684. The lowest BCUT2D eigenvalue weighted by atomic mass is 10.0. The summed E-state index contributed by atoms with van der Waals surface area (Å²) in [5, 5.41) is 2.66. The number of imidazole rings is 1. The fourth-order valence-electron chi connectivity index (χ4n) is 3.99. The van der Waals surface area contributed by atoms with Crippen LogP contribution in [0.25, 0.3) is 23.0 Å². The number of aromatic nitrogens is 2. The Morgan fingerprint density at radius 2 is 2.03 bits per heavy atom. The number of amides is 2. The van der Waals surface area contributed by atoms with Crippen molar-refractivity contribution in [1.82, 2.24) is 19.6 Å². The van der Waals surface area contributed by atoms with E-state index in [0.717, 1.165) is 39.5 Å². The number of morpholine rings is 1. The fraction of sp³-hybridized carbons (Fsp3) is 0.320. The van der Waals surface area contributed by atoms with Crippen LogP contribution in [0.1, 0.15) is 40.5 Å². The molecule has 4 rings (SSSR count). The molecule has 0 aliphatic carbocycles. The van der Waals surface area contributed by atoms with Crippen LogP contribution in [0.15, 0.2) is 42.3 Å². The Kier molecular flexibility index (Phi) is 5.99. The van der Waals surface area contributed by atoms with E-state index in [2.05, 4.69) is 5.32 Å². The Balaban J connectivity index is 1.83. The third-order valence-corrected chi connectivity index (χ3v) is 5.74. The number of hydrogen-bond donors (Lipinski definition) is 1. The minimum Gasteiger partial charge on any atom is -0.494 e. The highest BCUT2D eigenvalue weighted by atomic mass is 16.5. The lowest BCUT2D eigenvalue weighted by Crippen LogP contribution is -2.39. The van der Waals surface area contributed by atoms with Crippen molar-refractivity contribution < 1.29 is 14.3 Å². The predicted octanol–water partition coefficient (Wildman–Crippen LogP) is 3.59. The van der Waals surface area contributed by atoms with Crippen molar-refractivity contribution in [3.8, 4) is 11.3 Å². The zero-order chi connectivity index (χ0) is 22.8. The average Bonchev–Trinajstić information content (AvgIpc) is 3.14. The summed E-state index contributed by atoms with van der Waals surface area (Å²) in [5.74, 6) is 0.735. The number of hydrogen-bond acceptors (Lipinski definition) is 4. The molecule has 1 saturated heterocycles. The number of carbonyl (C=O) groups excluding carboxylic acids is 2. The molecule has 1 N–H and O–H groups in total. The second-order valence-electron chi connectivity index (χ2n) is 8.01. The highest BCUT2D eigenvalue weighted by Gasteiger charge is 2.22. The van der Waals surface area contributed by atoms with E-state index in [9.17, 15) is 9.59 Å². The maximum atomic E-state index is 12.2. The van der Waals surface area contributed by atoms with Gasteiger partial charge in [0.2, 0.25) is 5.91 Å². The number of pyridine rings is 1. The molecular formula is C25H28N4O3. The van der Waals surface area contributed by atoms with Crippen LogP contribution >= 0.6 is 0 Å². The molecule has 32 heavy (non-hydrogen) atoms. The molecule has 0 saturated carbocycles. The molecule has 0 bridgehead atoms. The van der Waals surface area contributed by atoms with Crippen LogP contribution in [0.5, 0.6) is 0 Å². The van der Waals surface area contributed by atoms with E-state index in [-0.39, 0.29) is 11.8 Å². The summed E-state index contributed by atoms with van der Waals surface area (Å²) < 4.78 is 7.94. The number of ether oxygens (including phenoxy) is 1. The fourth-order valence-corrected chi connectivity index (χ4v) is 3.99. The molecular weight excluding hydrogens is 404 g/mol. The van der Waals surface area contributed by atoms with Gasteiger partial charge >= 0.3 is 0 Å². The molecule has 1 aliphatic heterocycles. The molecule has 7 heteroatoms. The minimum atomic E-state index is -0.121. The van der Waals surface area contributed by atoms with E-state index in [1.54, 1.807) is 7.05 Å². The van der Waals surface area contributed by atoms with E-state index in [0.29, 0.717) is 31.7 Å². The zero-order valence-corrected chi connectivity index (χ0v) is 18.9. The van der Waals surface area contributed by atoms with Gasteiger partial charge in [-0.25, -0.2) is 4.98 Å². The van der Waals surface area contributed by atoms with Crippen LogP contribution in [0.3, 0.4) is 0 Å². The van der Waals surface area contributed by atoms with Crippen molar-refractivity contribution in [3.63, 3.8) is 0 Å². The zero-order valence-electron chi connectivity index (χ0n) is 18.9. The highest BCUT2D eigenvalue weighted by Crippen LogP contribution is 2.30. The maximum Gasteiger partial charge on any atom is 0.251 e. The van der Waals surface area contributed by atoms with Crippen LogP contribution in [0.4, 0.5) is 0 Å². The number of fused-ring (bicyclic) bond motifs is 1. The smallest absolute Gasteiger partial charge is 0.251 e. The third-order valence-electron chi connectivity index (χ3n) is 5.74. The van der Waals surface area contributed by atoms with Crippen molar-refractivity contribution in [2.24, 2.45) is 0 Å². The maximum absolute atomic E-state index is 12.2. The number of aryl methyl sites for hydroxylation is 2. The van der Waals surface area contributed by atoms with Gasteiger partial charge in [0.25, 0.3) is 5.91 Å². The van der Waals surface area contributed by atoms with Gasteiger partial charge in [-0.1, -0.05) is 13.0 Å². The van der Waals surface area contributed by atoms with E-state index in [1.165, 1.54) is 0 Å². The first-order valence-electron chi connectivity index (χ1n) is 10.8. The van der Waals surface area contributed by atoms with Crippen molar-refractivity contribution in [2.45, 2.75) is 27.2 Å². The summed E-state index contributed by atoms with van der Waals surface area (Å²) >= 11 is 0. The highest BCUT2D eigenvalue weighted by molar-refractivity contribution is 5.95. The Morgan fingerprint density at radius 3 is 2.75 bits per heavy atom. The van der Waals surface area contributed by atoms with Crippen LogP contribution in [-0.4, -0.2) is 52.8 Å². The number of nitrogens with one attached hydrogen (secondary N) is 1. The van der Waals surface area contributed by atoms with Crippen molar-refractivity contribution in [3.05, 3.63) is 64.7 Å². The van der Waals surface area contributed by atoms with Gasteiger partial charge in [-0.2, -0.15) is 0 Å². The molecule has 1 aliphatic rings. The Bertz CT molecular complexity index is 1230. The van der Waals surface area contributed by atoms with Gasteiger partial charge in [0.1, 0.15) is 18.0 Å². The molecule has 7 nitrogen and oxygen atoms in total. The topological polar surface area (TPSA) is 75.9 Å². The molecule has 2 amide bonds. The molecule has 0 atom stereocenters. The largest absolute Gasteiger partial charge is 0.494 e. The van der Waals surface area contributed by atoms with Crippen LogP contribution in [-0.2, 0) is 9.53 Å². The van der Waals surface area contributed by atoms with E-state index in [4.69, 9.17) is 9.72 Å². The Labute approximate surface area is 187 Å². The summed E-state index contributed by atoms with van der Waals surface area (Å²) in [7, 11) is 1.62. The first kappa shape index (κ1) is 21.6. The number of rotatable bonds is 4. The lowest BCUT2D eigenvalue weighted by molar-refractivity contribution is -0.133. The van der Waals surface area contributed by atoms with Crippen LogP contribution in [0, 0.1) is 13.8 Å². The number of benzene rings is 1. The van der Waals surface area contributed by atoms with Crippen LogP contribution < -0.4 is 5.32 Å². The molecule has 166 valence electrons. The van der Waals surface area contributed by atoms with E-state index < -0.39 is 0 Å². The van der Waals surface area contributed by atoms with Gasteiger partial charge in [-0.3, -0.25) is 14.0 Å². The Morgan fingerprint density at radius 1 is 1.22 bits per heavy atom. The second kappa shape index (κ2) is 8.86. The monoisotopic (exact) mass is 432 g/mol. The summed E-state index contributed by atoms with van der Waals surface area (Å²) in [6.45, 7) is 7.41. The summed E-state index contributed by atoms with van der Waals surface area (Å²) in [5.41, 5.74) is 6.16. The van der Waals surface area contributed by atoms with Gasteiger partial charge in [0, 0.05) is 36.9 Å². The number of carbonyl (C=O) groups is 2. The summed E-state index contributed by atoms with van der Waals surface area (Å²) in [6, 6.07) is 9.70. The van der Waals surface area contributed by atoms with E-state index >= 15 is 0 Å². The van der Waals surface area contributed by atoms with Crippen molar-refractivity contribution in [1.29, 1.82) is 0 Å². The molecule has 0 radical (unpaired) electrons. The minimum absolute atomic E-state index is 0.119. The summed E-state index contributed by atoms with van der Waals surface area (Å²) in [6.07, 6.45) is 4.45. The average molecular weight is 433 g/mol. The van der Waals surface area contributed by atoms with Gasteiger partial charge in [0.05, 0.1) is 24.5 Å². The molecule has 2 aromatic heterocycles.